The maximum atomic E-state index is 4.07. The normalized spacial score (nSPS) is 16.5. The van der Waals surface area contributed by atoms with Crippen LogP contribution in [0, 0.1) is 6.07 Å². The first-order valence-electron chi connectivity index (χ1n) is 3.36. The molecular weight excluding hydrogens is 156 g/mol. The molecule has 3 heteroatoms. The minimum Gasteiger partial charge on any atom is -0.241 e. The molecule has 1 aliphatic heterocycles. The van der Waals surface area contributed by atoms with Crippen molar-refractivity contribution in [2.24, 2.45) is 0 Å². The van der Waals surface area contributed by atoms with E-state index >= 15 is 0 Å². The number of aromatic nitrogens is 2. The number of allylic oxidation sites excluding steroid dienone is 2. The highest BCUT2D eigenvalue weighted by Crippen LogP contribution is 2.16. The van der Waals surface area contributed by atoms with Crippen molar-refractivity contribution in [3.63, 3.8) is 0 Å². The van der Waals surface area contributed by atoms with Gasteiger partial charge in [-0.3, -0.25) is 0 Å². The minimum absolute atomic E-state index is 1.03. The predicted molar refractivity (Wildman–Crippen MR) is 46.9 cm³/mol. The lowest BCUT2D eigenvalue weighted by Crippen LogP contribution is -1.96. The number of nitrogens with zero attached hydrogens (tertiary/aromatic N) is 2. The molecule has 55 valence electrons. The van der Waals surface area contributed by atoms with E-state index in [1.165, 1.54) is 0 Å². The van der Waals surface area contributed by atoms with Gasteiger partial charge in [0.25, 0.3) is 0 Å². The van der Waals surface area contributed by atoms with Crippen LogP contribution in [-0.2, 0) is 0 Å². The van der Waals surface area contributed by atoms with Crippen LogP contribution < -0.4 is 0 Å². The van der Waals surface area contributed by atoms with Gasteiger partial charge in [0.05, 0.1) is 11.9 Å². The van der Waals surface area contributed by atoms with Gasteiger partial charge >= 0.3 is 0 Å². The Morgan fingerprint density at radius 1 is 1.64 bits per heavy atom. The highest BCUT2D eigenvalue weighted by Gasteiger charge is 1.98. The van der Waals surface area contributed by atoms with E-state index in [0.717, 1.165) is 11.4 Å². The van der Waals surface area contributed by atoms with Crippen LogP contribution in [0.15, 0.2) is 30.0 Å². The Morgan fingerprint density at radius 2 is 2.64 bits per heavy atom. The Morgan fingerprint density at radius 3 is 3.27 bits per heavy atom. The number of thioether (sulfide) groups is 1. The first-order valence-corrected chi connectivity index (χ1v) is 4.41. The molecular formula is C8H7N2S. The molecule has 2 heterocycles. The summed E-state index contributed by atoms with van der Waals surface area (Å²) < 4.78 is 1.82. The Hall–Kier alpha value is -0.960. The zero-order valence-electron chi connectivity index (χ0n) is 5.90. The molecule has 1 radical (unpaired) electrons. The molecule has 0 amide bonds. The van der Waals surface area contributed by atoms with Crippen molar-refractivity contribution in [1.82, 2.24) is 9.78 Å². The number of hydrogen-bond acceptors (Lipinski definition) is 2. The number of rotatable bonds is 1. The first kappa shape index (κ1) is 6.73. The number of hydrogen-bond donors (Lipinski definition) is 0. The van der Waals surface area contributed by atoms with Crippen molar-refractivity contribution in [1.29, 1.82) is 0 Å². The van der Waals surface area contributed by atoms with E-state index in [0.29, 0.717) is 0 Å². The van der Waals surface area contributed by atoms with Crippen molar-refractivity contribution in [3.05, 3.63) is 36.0 Å². The molecule has 0 saturated heterocycles. The van der Waals surface area contributed by atoms with Crippen molar-refractivity contribution < 1.29 is 0 Å². The lowest BCUT2D eigenvalue weighted by Gasteiger charge is -2.05. The standard InChI is InChI=1S/C8H7N2S/c1-4-9-10(5-1)8-2-6-11-7-3-8/h2-6H,7H2. The summed E-state index contributed by atoms with van der Waals surface area (Å²) in [5.41, 5.74) is 1.13. The van der Waals surface area contributed by atoms with Crippen molar-refractivity contribution in [2.45, 2.75) is 0 Å². The zero-order chi connectivity index (χ0) is 7.52. The highest BCUT2D eigenvalue weighted by atomic mass is 32.2. The third-order valence-corrected chi connectivity index (χ3v) is 2.13. The average Bonchev–Trinajstić information content (AvgIpc) is 2.58. The molecule has 1 aliphatic rings. The van der Waals surface area contributed by atoms with Gasteiger partial charge in [-0.2, -0.15) is 5.10 Å². The monoisotopic (exact) mass is 163 g/mol. The van der Waals surface area contributed by atoms with Crippen LogP contribution in [0.1, 0.15) is 0 Å². The van der Waals surface area contributed by atoms with E-state index in [1.54, 1.807) is 18.0 Å². The molecule has 0 aromatic carbocycles. The van der Waals surface area contributed by atoms with Gasteiger partial charge < -0.3 is 0 Å². The zero-order valence-corrected chi connectivity index (χ0v) is 6.71. The van der Waals surface area contributed by atoms with Gasteiger partial charge in [-0.25, -0.2) is 4.68 Å². The molecule has 2 rings (SSSR count). The molecule has 0 atom stereocenters. The molecule has 0 N–H and O–H groups in total. The summed E-state index contributed by atoms with van der Waals surface area (Å²) in [6, 6.07) is 2.90. The van der Waals surface area contributed by atoms with Crippen LogP contribution in [0.2, 0.25) is 0 Å². The fourth-order valence-corrected chi connectivity index (χ4v) is 1.53. The molecule has 2 nitrogen and oxygen atoms in total. The van der Waals surface area contributed by atoms with Gasteiger partial charge in [0.2, 0.25) is 0 Å². The van der Waals surface area contributed by atoms with Gasteiger partial charge in [-0.1, -0.05) is 0 Å². The van der Waals surface area contributed by atoms with E-state index in [4.69, 9.17) is 0 Å². The summed E-state index contributed by atoms with van der Waals surface area (Å²) in [6.07, 6.45) is 7.68. The summed E-state index contributed by atoms with van der Waals surface area (Å²) >= 11 is 1.79. The molecule has 0 aliphatic carbocycles. The topological polar surface area (TPSA) is 17.8 Å². The van der Waals surface area contributed by atoms with Gasteiger partial charge in [0.15, 0.2) is 0 Å². The molecule has 0 bridgehead atoms. The molecule has 1 aromatic heterocycles. The maximum Gasteiger partial charge on any atom is 0.0619 e. The summed E-state index contributed by atoms with van der Waals surface area (Å²) in [5, 5.41) is 6.15. The third kappa shape index (κ3) is 1.38. The fourth-order valence-electron chi connectivity index (χ4n) is 0.919. The molecule has 1 aromatic rings. The molecule has 11 heavy (non-hydrogen) atoms. The molecule has 0 saturated carbocycles. The van der Waals surface area contributed by atoms with Crippen molar-refractivity contribution in [2.75, 3.05) is 5.75 Å². The van der Waals surface area contributed by atoms with Gasteiger partial charge in [0.1, 0.15) is 0 Å². The van der Waals surface area contributed by atoms with Crippen LogP contribution >= 0.6 is 11.8 Å². The summed E-state index contributed by atoms with van der Waals surface area (Å²) in [5.74, 6) is 1.03. The van der Waals surface area contributed by atoms with Gasteiger partial charge in [-0.05, 0) is 17.6 Å². The minimum atomic E-state index is 1.03. The summed E-state index contributed by atoms with van der Waals surface area (Å²) in [4.78, 5) is 0. The predicted octanol–water partition coefficient (Wildman–Crippen LogP) is 1.78. The smallest absolute Gasteiger partial charge is 0.0619 e. The lowest BCUT2D eigenvalue weighted by molar-refractivity contribution is 0.908. The van der Waals surface area contributed by atoms with E-state index < -0.39 is 0 Å². The Kier molecular flexibility index (Phi) is 1.81. The van der Waals surface area contributed by atoms with E-state index in [2.05, 4.69) is 28.7 Å². The van der Waals surface area contributed by atoms with Crippen LogP contribution in [0.25, 0.3) is 5.70 Å². The first-order chi connectivity index (χ1) is 5.47. The Labute approximate surface area is 69.6 Å². The van der Waals surface area contributed by atoms with Crippen molar-refractivity contribution >= 4 is 17.5 Å². The highest BCUT2D eigenvalue weighted by molar-refractivity contribution is 8.02. The van der Waals surface area contributed by atoms with Crippen LogP contribution in [0.4, 0.5) is 0 Å². The third-order valence-electron chi connectivity index (χ3n) is 1.44. The second-order valence-corrected chi connectivity index (χ2v) is 3.09. The van der Waals surface area contributed by atoms with Crippen LogP contribution in [0.5, 0.6) is 0 Å². The molecule has 0 spiro atoms. The van der Waals surface area contributed by atoms with Gasteiger partial charge in [-0.15, -0.1) is 11.8 Å². The van der Waals surface area contributed by atoms with Gasteiger partial charge in [0, 0.05) is 18.0 Å². The van der Waals surface area contributed by atoms with Crippen molar-refractivity contribution in [3.8, 4) is 0 Å². The van der Waals surface area contributed by atoms with E-state index in [-0.39, 0.29) is 0 Å². The second-order valence-electron chi connectivity index (χ2n) is 2.15. The maximum absolute atomic E-state index is 4.07. The van der Waals surface area contributed by atoms with Crippen LogP contribution in [0.3, 0.4) is 0 Å². The lowest BCUT2D eigenvalue weighted by atomic mass is 10.4. The van der Waals surface area contributed by atoms with E-state index in [1.807, 2.05) is 10.9 Å². The summed E-state index contributed by atoms with van der Waals surface area (Å²) in [7, 11) is 0. The Bertz CT molecular complexity index is 285. The summed E-state index contributed by atoms with van der Waals surface area (Å²) in [6.45, 7) is 0. The SMILES string of the molecule is [c]1cnn(C2=CCSC=C2)c1. The van der Waals surface area contributed by atoms with Crippen LogP contribution in [-0.4, -0.2) is 15.5 Å². The fraction of sp³-hybridized carbons (Fsp3) is 0.125. The largest absolute Gasteiger partial charge is 0.241 e. The molecule has 0 unspecified atom stereocenters. The second kappa shape index (κ2) is 2.96. The average molecular weight is 163 g/mol. The Balaban J connectivity index is 2.29. The molecule has 0 fully saturated rings. The van der Waals surface area contributed by atoms with E-state index in [9.17, 15) is 0 Å². The quantitative estimate of drug-likeness (QED) is 0.628.